The first-order valence-corrected chi connectivity index (χ1v) is 18.1. The van der Waals surface area contributed by atoms with E-state index in [2.05, 4.69) is 22.5 Å². The molecule has 0 radical (unpaired) electrons. The Morgan fingerprint density at radius 2 is 1.65 bits per heavy atom. The lowest BCUT2D eigenvalue weighted by molar-refractivity contribution is -0.142. The molecule has 4 amide bonds. The molecule has 1 aromatic rings. The van der Waals surface area contributed by atoms with E-state index in [0.717, 1.165) is 17.5 Å². The number of amides is 4. The fourth-order valence-corrected chi connectivity index (χ4v) is 5.42. The van der Waals surface area contributed by atoms with Crippen LogP contribution in [0.25, 0.3) is 0 Å². The molecular weight excluding hydrogens is 656 g/mol. The molecule has 1 aliphatic heterocycles. The summed E-state index contributed by atoms with van der Waals surface area (Å²) in [5.41, 5.74) is 2.65. The standard InChI is InChI=1S/C34H50N4O10S/c1-23(2)32(37-30(40)12-7-6-8-17-38-24(3)13-16-31(38)41)34(43)35-25(4)33(42)36-29-15-14-28(22-48-26(5)39)27(21-29)11-9-18-47-19-10-20-49(44,45)46/h13-16,21,23,25,32H,3,6-12,17-20,22H2,1-2,4-5H3,(H,35,43)(H,36,42)(H,37,40)(H,44,45,46)/t25-,32-/m0/s1. The molecule has 2 rings (SSSR count). The molecule has 0 spiro atoms. The maximum absolute atomic E-state index is 13.1. The number of hydrogen-bond acceptors (Lipinski definition) is 9. The van der Waals surface area contributed by atoms with Gasteiger partial charge in [-0.15, -0.1) is 0 Å². The lowest BCUT2D eigenvalue weighted by Crippen LogP contribution is -2.53. The highest BCUT2D eigenvalue weighted by atomic mass is 32.2. The van der Waals surface area contributed by atoms with Crippen LogP contribution in [-0.2, 0) is 56.6 Å². The van der Waals surface area contributed by atoms with Gasteiger partial charge in [0.25, 0.3) is 16.0 Å². The van der Waals surface area contributed by atoms with Crippen molar-refractivity contribution >= 4 is 45.4 Å². The van der Waals surface area contributed by atoms with E-state index in [1.807, 2.05) is 0 Å². The molecule has 49 heavy (non-hydrogen) atoms. The first-order valence-electron chi connectivity index (χ1n) is 16.4. The molecule has 0 unspecified atom stereocenters. The Labute approximate surface area is 288 Å². The van der Waals surface area contributed by atoms with E-state index in [1.165, 1.54) is 19.9 Å². The van der Waals surface area contributed by atoms with Crippen LogP contribution in [-0.4, -0.2) is 85.1 Å². The molecule has 0 bridgehead atoms. The van der Waals surface area contributed by atoms with Crippen LogP contribution < -0.4 is 16.0 Å². The number of rotatable bonds is 22. The molecule has 1 heterocycles. The number of esters is 1. The number of hydrogen-bond donors (Lipinski definition) is 4. The summed E-state index contributed by atoms with van der Waals surface area (Å²) < 4.78 is 41.1. The van der Waals surface area contributed by atoms with E-state index in [-0.39, 0.29) is 49.5 Å². The Bertz CT molecular complexity index is 1460. The van der Waals surface area contributed by atoms with E-state index in [1.54, 1.807) is 43.0 Å². The lowest BCUT2D eigenvalue weighted by Gasteiger charge is -2.24. The average Bonchev–Trinajstić information content (AvgIpc) is 3.34. The number of nitrogens with one attached hydrogen (secondary N) is 3. The number of nitrogens with zero attached hydrogens (tertiary/aromatic N) is 1. The highest BCUT2D eigenvalue weighted by Gasteiger charge is 2.27. The second-order valence-electron chi connectivity index (χ2n) is 12.3. The Balaban J connectivity index is 1.88. The second kappa shape index (κ2) is 20.4. The summed E-state index contributed by atoms with van der Waals surface area (Å²) in [5.74, 6) is -2.40. The number of allylic oxidation sites excluding steroid dienone is 1. The van der Waals surface area contributed by atoms with E-state index < -0.39 is 40.0 Å². The fourth-order valence-electron chi connectivity index (χ4n) is 4.94. The van der Waals surface area contributed by atoms with Crippen molar-refractivity contribution in [3.05, 3.63) is 53.8 Å². The normalized spacial score (nSPS) is 14.1. The van der Waals surface area contributed by atoms with Crippen molar-refractivity contribution in [1.82, 2.24) is 15.5 Å². The Kier molecular flexibility index (Phi) is 17.1. The van der Waals surface area contributed by atoms with Crippen LogP contribution in [0, 0.1) is 5.92 Å². The number of aryl methyl sites for hydroxylation is 1. The second-order valence-corrected chi connectivity index (χ2v) is 13.8. The number of carbonyl (C=O) groups is 5. The smallest absolute Gasteiger partial charge is 0.302 e. The summed E-state index contributed by atoms with van der Waals surface area (Å²) in [6, 6.07) is 3.37. The van der Waals surface area contributed by atoms with Crippen LogP contribution in [0.5, 0.6) is 0 Å². The van der Waals surface area contributed by atoms with Gasteiger partial charge in [0.2, 0.25) is 17.7 Å². The minimum absolute atomic E-state index is 0.0381. The number of unbranched alkanes of at least 4 members (excludes halogenated alkanes) is 2. The van der Waals surface area contributed by atoms with E-state index >= 15 is 0 Å². The largest absolute Gasteiger partial charge is 0.461 e. The van der Waals surface area contributed by atoms with Gasteiger partial charge >= 0.3 is 5.97 Å². The van der Waals surface area contributed by atoms with Gasteiger partial charge in [-0.25, -0.2) is 0 Å². The van der Waals surface area contributed by atoms with Crippen LogP contribution in [0.4, 0.5) is 5.69 Å². The molecule has 0 aliphatic carbocycles. The summed E-state index contributed by atoms with van der Waals surface area (Å²) in [6.45, 7) is 11.3. The summed E-state index contributed by atoms with van der Waals surface area (Å²) in [7, 11) is -4.04. The van der Waals surface area contributed by atoms with Gasteiger partial charge in [0.15, 0.2) is 0 Å². The van der Waals surface area contributed by atoms with Crippen LogP contribution in [0.3, 0.4) is 0 Å². The third kappa shape index (κ3) is 15.8. The zero-order chi connectivity index (χ0) is 36.6. The van der Waals surface area contributed by atoms with Gasteiger partial charge in [0.1, 0.15) is 18.7 Å². The maximum Gasteiger partial charge on any atom is 0.302 e. The topological polar surface area (TPSA) is 198 Å². The van der Waals surface area contributed by atoms with Crippen LogP contribution in [0.1, 0.15) is 77.3 Å². The molecular formula is C34H50N4O10S. The van der Waals surface area contributed by atoms with Gasteiger partial charge in [-0.2, -0.15) is 8.42 Å². The number of benzene rings is 1. The molecule has 4 N–H and O–H groups in total. The molecule has 15 heteroatoms. The number of ether oxygens (including phenoxy) is 2. The average molecular weight is 707 g/mol. The predicted molar refractivity (Wildman–Crippen MR) is 184 cm³/mol. The van der Waals surface area contributed by atoms with Crippen molar-refractivity contribution in [3.8, 4) is 0 Å². The summed E-state index contributed by atoms with van der Waals surface area (Å²) in [5, 5.41) is 8.25. The predicted octanol–water partition coefficient (Wildman–Crippen LogP) is 3.03. The number of carbonyl (C=O) groups excluding carboxylic acids is 5. The van der Waals surface area contributed by atoms with Gasteiger partial charge in [0.05, 0.1) is 5.75 Å². The van der Waals surface area contributed by atoms with Crippen molar-refractivity contribution in [2.75, 3.05) is 30.8 Å². The first-order chi connectivity index (χ1) is 23.1. The molecule has 2 atom stereocenters. The minimum atomic E-state index is -4.04. The maximum atomic E-state index is 13.1. The lowest BCUT2D eigenvalue weighted by atomic mass is 10.0. The number of anilines is 1. The van der Waals surface area contributed by atoms with Crippen LogP contribution >= 0.6 is 0 Å². The van der Waals surface area contributed by atoms with E-state index in [0.29, 0.717) is 50.2 Å². The van der Waals surface area contributed by atoms with Crippen molar-refractivity contribution in [2.24, 2.45) is 5.92 Å². The Hall–Kier alpha value is -4.08. The Morgan fingerprint density at radius 1 is 0.939 bits per heavy atom. The van der Waals surface area contributed by atoms with Crippen LogP contribution in [0.2, 0.25) is 0 Å². The molecule has 1 aliphatic rings. The van der Waals surface area contributed by atoms with Gasteiger partial charge in [-0.05, 0) is 74.3 Å². The highest BCUT2D eigenvalue weighted by molar-refractivity contribution is 7.85. The summed E-state index contributed by atoms with van der Waals surface area (Å²) in [4.78, 5) is 63.6. The monoisotopic (exact) mass is 706 g/mol. The minimum Gasteiger partial charge on any atom is -0.461 e. The van der Waals surface area contributed by atoms with Gasteiger partial charge in [0, 0.05) is 50.6 Å². The Morgan fingerprint density at radius 3 is 2.29 bits per heavy atom. The van der Waals surface area contributed by atoms with Gasteiger partial charge in [-0.3, -0.25) is 28.5 Å². The molecule has 14 nitrogen and oxygen atoms in total. The van der Waals surface area contributed by atoms with E-state index in [9.17, 15) is 32.4 Å². The third-order valence-electron chi connectivity index (χ3n) is 7.66. The molecule has 0 aromatic heterocycles. The van der Waals surface area contributed by atoms with Crippen LogP contribution in [0.15, 0.2) is 42.6 Å². The molecule has 272 valence electrons. The first kappa shape index (κ1) is 41.1. The highest BCUT2D eigenvalue weighted by Crippen LogP contribution is 2.20. The molecule has 1 aromatic carbocycles. The quantitative estimate of drug-likeness (QED) is 0.0790. The summed E-state index contributed by atoms with van der Waals surface area (Å²) >= 11 is 0. The van der Waals surface area contributed by atoms with Crippen molar-refractivity contribution in [3.63, 3.8) is 0 Å². The third-order valence-corrected chi connectivity index (χ3v) is 8.47. The van der Waals surface area contributed by atoms with Gasteiger partial charge < -0.3 is 30.3 Å². The fraction of sp³-hybridized carbons (Fsp3) is 0.559. The van der Waals surface area contributed by atoms with Gasteiger partial charge in [-0.1, -0.05) is 32.9 Å². The van der Waals surface area contributed by atoms with Crippen molar-refractivity contribution < 1.29 is 46.4 Å². The van der Waals surface area contributed by atoms with E-state index in [4.69, 9.17) is 14.0 Å². The van der Waals surface area contributed by atoms with Crippen molar-refractivity contribution in [2.45, 2.75) is 91.3 Å². The molecule has 0 saturated heterocycles. The summed E-state index contributed by atoms with van der Waals surface area (Å²) in [6.07, 6.45) is 6.62. The molecule has 0 saturated carbocycles. The zero-order valence-electron chi connectivity index (χ0n) is 28.8. The SMILES string of the molecule is C=C1C=CC(=O)N1CCCCCC(=O)N[C@H](C(=O)N[C@@H](C)C(=O)Nc1ccc(COC(C)=O)c(CCCOCCCS(=O)(=O)O)c1)C(C)C. The molecule has 0 fully saturated rings. The van der Waals surface area contributed by atoms with Crippen molar-refractivity contribution in [1.29, 1.82) is 0 Å². The zero-order valence-corrected chi connectivity index (χ0v) is 29.6.